The van der Waals surface area contributed by atoms with E-state index in [9.17, 15) is 0 Å². The lowest BCUT2D eigenvalue weighted by molar-refractivity contribution is 0.311. The Balaban J connectivity index is 1.98. The highest BCUT2D eigenvalue weighted by Crippen LogP contribution is 2.16. The van der Waals surface area contributed by atoms with Crippen molar-refractivity contribution in [1.29, 1.82) is 0 Å². The Morgan fingerprint density at radius 1 is 1.28 bits per heavy atom. The van der Waals surface area contributed by atoms with E-state index in [0.717, 1.165) is 18.7 Å². The molecular weight excluding hydrogens is 228 g/mol. The van der Waals surface area contributed by atoms with Crippen LogP contribution in [-0.2, 0) is 6.54 Å². The second kappa shape index (κ2) is 6.28. The van der Waals surface area contributed by atoms with Gasteiger partial charge in [-0.3, -0.25) is 4.90 Å². The van der Waals surface area contributed by atoms with Crippen molar-refractivity contribution in [2.24, 2.45) is 0 Å². The maximum absolute atomic E-state index is 5.25. The molecule has 0 atom stereocenters. The van der Waals surface area contributed by atoms with Gasteiger partial charge in [-0.05, 0) is 26.2 Å². The van der Waals surface area contributed by atoms with Crippen LogP contribution >= 0.6 is 0 Å². The molecule has 2 rings (SSSR count). The average molecular weight is 246 g/mol. The Morgan fingerprint density at radius 3 is 2.78 bits per heavy atom. The maximum Gasteiger partial charge on any atom is 0.257 e. The molecule has 0 spiro atoms. The van der Waals surface area contributed by atoms with Crippen molar-refractivity contribution in [3.63, 3.8) is 0 Å². The van der Waals surface area contributed by atoms with Gasteiger partial charge in [-0.15, -0.1) is 0 Å². The number of nitrogens with zero attached hydrogens (tertiary/aromatic N) is 3. The summed E-state index contributed by atoms with van der Waals surface area (Å²) in [6.07, 6.45) is 0. The lowest BCUT2D eigenvalue weighted by Gasteiger charge is -2.13. The van der Waals surface area contributed by atoms with Crippen molar-refractivity contribution >= 4 is 0 Å². The number of hydrogen-bond donors (Lipinski definition) is 1. The van der Waals surface area contributed by atoms with Crippen LogP contribution in [0.4, 0.5) is 0 Å². The predicted octanol–water partition coefficient (Wildman–Crippen LogP) is 1.39. The van der Waals surface area contributed by atoms with Crippen LogP contribution in [0.1, 0.15) is 5.82 Å². The van der Waals surface area contributed by atoms with E-state index in [1.54, 1.807) is 0 Å². The van der Waals surface area contributed by atoms with Gasteiger partial charge in [-0.2, -0.15) is 4.98 Å². The molecular formula is C13H18N4O. The molecule has 0 saturated heterocycles. The van der Waals surface area contributed by atoms with E-state index >= 15 is 0 Å². The monoisotopic (exact) mass is 246 g/mol. The summed E-state index contributed by atoms with van der Waals surface area (Å²) in [5.74, 6) is 1.29. The first kappa shape index (κ1) is 12.7. The third kappa shape index (κ3) is 3.38. The van der Waals surface area contributed by atoms with Crippen LogP contribution in [0.15, 0.2) is 34.9 Å². The fraction of sp³-hybridized carbons (Fsp3) is 0.385. The molecule has 18 heavy (non-hydrogen) atoms. The molecule has 0 fully saturated rings. The number of rotatable bonds is 6. The van der Waals surface area contributed by atoms with Crippen molar-refractivity contribution in [3.8, 4) is 11.5 Å². The van der Waals surface area contributed by atoms with Gasteiger partial charge in [0, 0.05) is 18.7 Å². The summed E-state index contributed by atoms with van der Waals surface area (Å²) in [5.41, 5.74) is 0.953. The molecule has 0 aliphatic rings. The zero-order valence-electron chi connectivity index (χ0n) is 10.8. The van der Waals surface area contributed by atoms with Crippen LogP contribution in [-0.4, -0.2) is 42.2 Å². The lowest BCUT2D eigenvalue weighted by atomic mass is 10.2. The van der Waals surface area contributed by atoms with E-state index in [0.29, 0.717) is 18.3 Å². The van der Waals surface area contributed by atoms with Gasteiger partial charge in [0.1, 0.15) is 0 Å². The van der Waals surface area contributed by atoms with Gasteiger partial charge < -0.3 is 9.84 Å². The van der Waals surface area contributed by atoms with E-state index in [2.05, 4.69) is 20.4 Å². The average Bonchev–Trinajstić information content (AvgIpc) is 2.86. The zero-order valence-corrected chi connectivity index (χ0v) is 10.8. The smallest absolute Gasteiger partial charge is 0.257 e. The fourth-order valence-corrected chi connectivity index (χ4v) is 1.64. The molecule has 5 nitrogen and oxygen atoms in total. The molecule has 5 heteroatoms. The third-order valence-electron chi connectivity index (χ3n) is 2.64. The van der Waals surface area contributed by atoms with Gasteiger partial charge >= 0.3 is 0 Å². The van der Waals surface area contributed by atoms with Crippen LogP contribution in [0.2, 0.25) is 0 Å². The Hall–Kier alpha value is -1.72. The lowest BCUT2D eigenvalue weighted by Crippen LogP contribution is -2.27. The fourth-order valence-electron chi connectivity index (χ4n) is 1.64. The molecule has 0 aliphatic heterocycles. The standard InChI is InChI=1S/C13H18N4O/c1-14-8-9-17(2)10-12-15-13(18-16-12)11-6-4-3-5-7-11/h3-7,14H,8-10H2,1-2H3. The second-order valence-electron chi connectivity index (χ2n) is 4.22. The second-order valence-corrected chi connectivity index (χ2v) is 4.22. The highest BCUT2D eigenvalue weighted by molar-refractivity contribution is 5.51. The highest BCUT2D eigenvalue weighted by atomic mass is 16.5. The van der Waals surface area contributed by atoms with Crippen molar-refractivity contribution in [1.82, 2.24) is 20.4 Å². The number of nitrogens with one attached hydrogen (secondary N) is 1. The van der Waals surface area contributed by atoms with Crippen molar-refractivity contribution < 1.29 is 4.52 Å². The first-order valence-electron chi connectivity index (χ1n) is 6.00. The summed E-state index contributed by atoms with van der Waals surface area (Å²) in [6, 6.07) is 9.80. The van der Waals surface area contributed by atoms with Crippen molar-refractivity contribution in [2.75, 3.05) is 27.2 Å². The van der Waals surface area contributed by atoms with Gasteiger partial charge in [0.15, 0.2) is 5.82 Å². The van der Waals surface area contributed by atoms with E-state index in [-0.39, 0.29) is 0 Å². The molecule has 2 aromatic rings. The van der Waals surface area contributed by atoms with E-state index in [1.807, 2.05) is 44.4 Å². The van der Waals surface area contributed by atoms with Crippen molar-refractivity contribution in [3.05, 3.63) is 36.2 Å². The maximum atomic E-state index is 5.25. The number of likely N-dealkylation sites (N-methyl/N-ethyl adjacent to an activating group) is 2. The Morgan fingerprint density at radius 2 is 2.06 bits per heavy atom. The van der Waals surface area contributed by atoms with E-state index in [4.69, 9.17) is 4.52 Å². The third-order valence-corrected chi connectivity index (χ3v) is 2.64. The summed E-state index contributed by atoms with van der Waals surface area (Å²) in [4.78, 5) is 6.54. The summed E-state index contributed by atoms with van der Waals surface area (Å²) in [5, 5.41) is 7.10. The SMILES string of the molecule is CNCCN(C)Cc1noc(-c2ccccc2)n1. The van der Waals surface area contributed by atoms with Crippen LogP contribution in [0.3, 0.4) is 0 Å². The number of benzene rings is 1. The minimum absolute atomic E-state index is 0.576. The van der Waals surface area contributed by atoms with Gasteiger partial charge in [0.25, 0.3) is 5.89 Å². The molecule has 1 heterocycles. The Labute approximate surface area is 107 Å². The van der Waals surface area contributed by atoms with E-state index < -0.39 is 0 Å². The van der Waals surface area contributed by atoms with Gasteiger partial charge in [-0.25, -0.2) is 0 Å². The molecule has 0 bridgehead atoms. The van der Waals surface area contributed by atoms with Crippen LogP contribution in [0.25, 0.3) is 11.5 Å². The van der Waals surface area contributed by atoms with Crippen LogP contribution in [0, 0.1) is 0 Å². The minimum Gasteiger partial charge on any atom is -0.334 e. The van der Waals surface area contributed by atoms with Crippen molar-refractivity contribution in [2.45, 2.75) is 6.54 Å². The first-order valence-corrected chi connectivity index (χ1v) is 6.00. The number of hydrogen-bond acceptors (Lipinski definition) is 5. The van der Waals surface area contributed by atoms with Crippen LogP contribution in [0.5, 0.6) is 0 Å². The largest absolute Gasteiger partial charge is 0.334 e. The molecule has 0 aliphatic carbocycles. The minimum atomic E-state index is 0.576. The molecule has 1 aromatic heterocycles. The van der Waals surface area contributed by atoms with Gasteiger partial charge in [0.2, 0.25) is 0 Å². The summed E-state index contributed by atoms with van der Waals surface area (Å²) in [6.45, 7) is 2.59. The summed E-state index contributed by atoms with van der Waals surface area (Å²) < 4.78 is 5.25. The Bertz CT molecular complexity index is 469. The topological polar surface area (TPSA) is 54.2 Å². The molecule has 0 saturated carbocycles. The molecule has 1 aromatic carbocycles. The van der Waals surface area contributed by atoms with Crippen LogP contribution < -0.4 is 5.32 Å². The van der Waals surface area contributed by atoms with Gasteiger partial charge in [-0.1, -0.05) is 23.4 Å². The first-order chi connectivity index (χ1) is 8.79. The molecule has 96 valence electrons. The molecule has 0 amide bonds. The molecule has 1 N–H and O–H groups in total. The van der Waals surface area contributed by atoms with Gasteiger partial charge in [0.05, 0.1) is 6.54 Å². The van der Waals surface area contributed by atoms with E-state index in [1.165, 1.54) is 0 Å². The normalized spacial score (nSPS) is 11.1. The highest BCUT2D eigenvalue weighted by Gasteiger charge is 2.09. The summed E-state index contributed by atoms with van der Waals surface area (Å²) in [7, 11) is 3.98. The predicted molar refractivity (Wildman–Crippen MR) is 70.0 cm³/mol. The number of aromatic nitrogens is 2. The molecule has 0 unspecified atom stereocenters. The summed E-state index contributed by atoms with van der Waals surface area (Å²) >= 11 is 0. The quantitative estimate of drug-likeness (QED) is 0.834. The Kier molecular flexibility index (Phi) is 4.44. The molecule has 0 radical (unpaired) electrons. The zero-order chi connectivity index (χ0) is 12.8.